The molecule has 0 spiro atoms. The van der Waals surface area contributed by atoms with E-state index in [1.807, 2.05) is 64.2 Å². The third-order valence-electron chi connectivity index (χ3n) is 6.21. The smallest absolute Gasteiger partial charge is 0.410 e. The summed E-state index contributed by atoms with van der Waals surface area (Å²) in [5.41, 5.74) is 2.29. The van der Waals surface area contributed by atoms with Gasteiger partial charge in [-0.25, -0.2) is 9.78 Å². The first-order valence-corrected chi connectivity index (χ1v) is 12.1. The second kappa shape index (κ2) is 9.91. The molecule has 182 valence electrons. The first kappa shape index (κ1) is 23.9. The van der Waals surface area contributed by atoms with Crippen LogP contribution >= 0.6 is 0 Å². The van der Waals surface area contributed by atoms with Crippen LogP contribution in [0.15, 0.2) is 42.6 Å². The van der Waals surface area contributed by atoms with Gasteiger partial charge in [0.05, 0.1) is 11.0 Å². The molecule has 0 aliphatic carbocycles. The van der Waals surface area contributed by atoms with Gasteiger partial charge in [-0.1, -0.05) is 12.1 Å². The molecule has 3 aromatic rings. The highest BCUT2D eigenvalue weighted by Gasteiger charge is 2.28. The number of para-hydroxylation sites is 2. The second-order valence-corrected chi connectivity index (χ2v) is 9.91. The van der Waals surface area contributed by atoms with Gasteiger partial charge in [0.2, 0.25) is 0 Å². The minimum absolute atomic E-state index is 0.0632. The van der Waals surface area contributed by atoms with Gasteiger partial charge in [0.25, 0.3) is 5.91 Å². The summed E-state index contributed by atoms with van der Waals surface area (Å²) in [5, 5.41) is 3.07. The summed E-state index contributed by atoms with van der Waals surface area (Å²) in [5.74, 6) is 0.922. The number of ether oxygens (including phenoxy) is 1. The number of nitrogens with zero attached hydrogens (tertiary/aromatic N) is 4. The number of carbonyl (C=O) groups is 2. The van der Waals surface area contributed by atoms with Gasteiger partial charge in [0, 0.05) is 38.4 Å². The summed E-state index contributed by atoms with van der Waals surface area (Å²) >= 11 is 0. The van der Waals surface area contributed by atoms with Crippen molar-refractivity contribution in [3.8, 4) is 0 Å². The van der Waals surface area contributed by atoms with Crippen LogP contribution in [-0.2, 0) is 11.3 Å². The lowest BCUT2D eigenvalue weighted by atomic mass is 10.0. The lowest BCUT2D eigenvalue weighted by molar-refractivity contribution is 0.0187. The third kappa shape index (κ3) is 5.43. The van der Waals surface area contributed by atoms with Crippen LogP contribution < -0.4 is 5.32 Å². The number of hydrogen-bond donors (Lipinski definition) is 1. The number of aryl methyl sites for hydroxylation is 2. The highest BCUT2D eigenvalue weighted by molar-refractivity contribution is 5.92. The van der Waals surface area contributed by atoms with Crippen molar-refractivity contribution in [1.29, 1.82) is 0 Å². The predicted molar refractivity (Wildman–Crippen MR) is 132 cm³/mol. The highest BCUT2D eigenvalue weighted by Crippen LogP contribution is 2.26. The van der Waals surface area contributed by atoms with E-state index in [-0.39, 0.29) is 18.0 Å². The van der Waals surface area contributed by atoms with Gasteiger partial charge in [-0.15, -0.1) is 0 Å². The van der Waals surface area contributed by atoms with Crippen molar-refractivity contribution in [2.24, 2.45) is 0 Å². The van der Waals surface area contributed by atoms with Crippen molar-refractivity contribution in [1.82, 2.24) is 24.3 Å². The SMILES string of the molecule is Cc1nc2ccccc2n1CCCNC(=O)c1cccn1C1CCN(C(=O)OC(C)(C)C)CC1. The van der Waals surface area contributed by atoms with Crippen LogP contribution in [0.4, 0.5) is 4.79 Å². The molecule has 0 saturated carbocycles. The molecular formula is C26H35N5O3. The fraction of sp³-hybridized carbons (Fsp3) is 0.500. The Morgan fingerprint density at radius 3 is 2.59 bits per heavy atom. The Labute approximate surface area is 200 Å². The molecule has 0 radical (unpaired) electrons. The molecular weight excluding hydrogens is 430 g/mol. The lowest BCUT2D eigenvalue weighted by Gasteiger charge is -2.34. The summed E-state index contributed by atoms with van der Waals surface area (Å²) in [6.45, 7) is 10.3. The Hall–Kier alpha value is -3.29. The van der Waals surface area contributed by atoms with Crippen LogP contribution in [0.3, 0.4) is 0 Å². The molecule has 34 heavy (non-hydrogen) atoms. The van der Waals surface area contributed by atoms with Crippen LogP contribution in [0.5, 0.6) is 0 Å². The van der Waals surface area contributed by atoms with E-state index in [2.05, 4.69) is 25.5 Å². The molecule has 8 heteroatoms. The molecule has 0 atom stereocenters. The van der Waals surface area contributed by atoms with E-state index in [0.717, 1.165) is 42.7 Å². The summed E-state index contributed by atoms with van der Waals surface area (Å²) in [7, 11) is 0. The zero-order valence-electron chi connectivity index (χ0n) is 20.6. The Balaban J connectivity index is 1.28. The number of rotatable bonds is 6. The van der Waals surface area contributed by atoms with Gasteiger partial charge in [0.1, 0.15) is 17.1 Å². The molecule has 1 aliphatic heterocycles. The predicted octanol–water partition coefficient (Wildman–Crippen LogP) is 4.54. The summed E-state index contributed by atoms with van der Waals surface area (Å²) in [6.07, 6.45) is 4.10. The minimum atomic E-state index is -0.497. The third-order valence-corrected chi connectivity index (χ3v) is 6.21. The van der Waals surface area contributed by atoms with E-state index in [0.29, 0.717) is 25.3 Å². The minimum Gasteiger partial charge on any atom is -0.444 e. The largest absolute Gasteiger partial charge is 0.444 e. The molecule has 1 aliphatic rings. The molecule has 0 unspecified atom stereocenters. The van der Waals surface area contributed by atoms with Gasteiger partial charge < -0.3 is 24.1 Å². The van der Waals surface area contributed by atoms with Gasteiger partial charge >= 0.3 is 6.09 Å². The number of likely N-dealkylation sites (tertiary alicyclic amines) is 1. The number of nitrogens with one attached hydrogen (secondary N) is 1. The standard InChI is InChI=1S/C26H35N5O3/c1-19-28-21-9-5-6-10-22(21)30(19)16-8-14-27-24(32)23-11-7-15-31(23)20-12-17-29(18-13-20)25(33)34-26(2,3)4/h5-7,9-11,15,20H,8,12-14,16-18H2,1-4H3,(H,27,32). The molecule has 1 saturated heterocycles. The van der Waals surface area contributed by atoms with E-state index >= 15 is 0 Å². The fourth-order valence-corrected chi connectivity index (χ4v) is 4.57. The summed E-state index contributed by atoms with van der Waals surface area (Å²) in [6, 6.07) is 12.1. The monoisotopic (exact) mass is 465 g/mol. The topological polar surface area (TPSA) is 81.4 Å². The van der Waals surface area contributed by atoms with Gasteiger partial charge in [-0.05, 0) is 71.2 Å². The Bertz CT molecular complexity index is 1150. The van der Waals surface area contributed by atoms with Crippen molar-refractivity contribution in [3.05, 3.63) is 54.1 Å². The maximum absolute atomic E-state index is 12.9. The van der Waals surface area contributed by atoms with E-state index in [1.54, 1.807) is 4.90 Å². The van der Waals surface area contributed by atoms with E-state index < -0.39 is 5.60 Å². The number of amides is 2. The number of hydrogen-bond acceptors (Lipinski definition) is 4. The number of piperidine rings is 1. The average molecular weight is 466 g/mol. The van der Waals surface area contributed by atoms with Crippen molar-refractivity contribution >= 4 is 23.0 Å². The van der Waals surface area contributed by atoms with Crippen LogP contribution in [-0.4, -0.2) is 56.3 Å². The van der Waals surface area contributed by atoms with Gasteiger partial charge in [-0.3, -0.25) is 4.79 Å². The zero-order valence-corrected chi connectivity index (χ0v) is 20.6. The Morgan fingerprint density at radius 1 is 1.12 bits per heavy atom. The van der Waals surface area contributed by atoms with E-state index in [4.69, 9.17) is 4.74 Å². The molecule has 3 heterocycles. The number of imidazole rings is 1. The molecule has 4 rings (SSSR count). The highest BCUT2D eigenvalue weighted by atomic mass is 16.6. The molecule has 2 aromatic heterocycles. The summed E-state index contributed by atoms with van der Waals surface area (Å²) in [4.78, 5) is 31.6. The van der Waals surface area contributed by atoms with Crippen LogP contribution in [0, 0.1) is 6.92 Å². The lowest BCUT2D eigenvalue weighted by Crippen LogP contribution is -2.42. The molecule has 1 fully saturated rings. The first-order valence-electron chi connectivity index (χ1n) is 12.1. The Morgan fingerprint density at radius 2 is 1.85 bits per heavy atom. The van der Waals surface area contributed by atoms with Crippen LogP contribution in [0.2, 0.25) is 0 Å². The quantitative estimate of drug-likeness (QED) is 0.542. The average Bonchev–Trinajstić information content (AvgIpc) is 3.40. The maximum Gasteiger partial charge on any atom is 0.410 e. The molecule has 2 amide bonds. The van der Waals surface area contributed by atoms with E-state index in [1.165, 1.54) is 0 Å². The fourth-order valence-electron chi connectivity index (χ4n) is 4.57. The first-order chi connectivity index (χ1) is 16.2. The molecule has 0 bridgehead atoms. The zero-order chi connectivity index (χ0) is 24.3. The number of benzene rings is 1. The summed E-state index contributed by atoms with van der Waals surface area (Å²) < 4.78 is 9.74. The molecule has 8 nitrogen and oxygen atoms in total. The normalized spacial score (nSPS) is 15.0. The number of aromatic nitrogens is 3. The van der Waals surface area contributed by atoms with Crippen molar-refractivity contribution < 1.29 is 14.3 Å². The van der Waals surface area contributed by atoms with Crippen molar-refractivity contribution in [2.45, 2.75) is 65.1 Å². The molecule has 1 N–H and O–H groups in total. The van der Waals surface area contributed by atoms with Crippen molar-refractivity contribution in [2.75, 3.05) is 19.6 Å². The molecule has 1 aromatic carbocycles. The van der Waals surface area contributed by atoms with Crippen molar-refractivity contribution in [3.63, 3.8) is 0 Å². The second-order valence-electron chi connectivity index (χ2n) is 9.91. The Kier molecular flexibility index (Phi) is 6.95. The van der Waals surface area contributed by atoms with E-state index in [9.17, 15) is 9.59 Å². The van der Waals surface area contributed by atoms with Crippen LogP contribution in [0.1, 0.15) is 62.4 Å². The van der Waals surface area contributed by atoms with Gasteiger partial charge in [0.15, 0.2) is 0 Å². The van der Waals surface area contributed by atoms with Crippen LogP contribution in [0.25, 0.3) is 11.0 Å². The number of fused-ring (bicyclic) bond motifs is 1. The maximum atomic E-state index is 12.9. The number of carbonyl (C=O) groups excluding carboxylic acids is 2. The van der Waals surface area contributed by atoms with Gasteiger partial charge in [-0.2, -0.15) is 0 Å².